The molecule has 2 saturated carbocycles. The highest BCUT2D eigenvalue weighted by molar-refractivity contribution is 6.17. The van der Waals surface area contributed by atoms with Crippen LogP contribution in [0.5, 0.6) is 0 Å². The molecule has 1 spiro atoms. The molecule has 2 aliphatic rings. The molecule has 2 heteroatoms. The van der Waals surface area contributed by atoms with Crippen LogP contribution in [0.25, 0.3) is 54.7 Å². The van der Waals surface area contributed by atoms with Crippen molar-refractivity contribution >= 4 is 43.5 Å². The first-order valence-electron chi connectivity index (χ1n) is 17.5. The molecule has 2 aliphatic carbocycles. The summed E-state index contributed by atoms with van der Waals surface area (Å²) in [4.78, 5) is 4.50. The van der Waals surface area contributed by atoms with Crippen LogP contribution in [0.3, 0.4) is 0 Å². The number of aromatic nitrogens is 1. The van der Waals surface area contributed by atoms with Crippen molar-refractivity contribution in [3.05, 3.63) is 89.6 Å². The van der Waals surface area contributed by atoms with Gasteiger partial charge in [0, 0.05) is 29.4 Å². The molecule has 0 unspecified atom stereocenters. The lowest BCUT2D eigenvalue weighted by molar-refractivity contribution is 0.114. The molecule has 200 valence electrons. The summed E-state index contributed by atoms with van der Waals surface area (Å²) in [5.41, 5.74) is 5.05. The van der Waals surface area contributed by atoms with E-state index in [0.29, 0.717) is 22.3 Å². The summed E-state index contributed by atoms with van der Waals surface area (Å²) in [6, 6.07) is 23.0. The largest absolute Gasteiger partial charge is 0.455 e. The van der Waals surface area contributed by atoms with Crippen LogP contribution in [0.15, 0.2) is 77.3 Å². The molecular weight excluding hydrogens is 486 g/mol. The van der Waals surface area contributed by atoms with E-state index in [9.17, 15) is 1.37 Å². The summed E-state index contributed by atoms with van der Waals surface area (Å²) >= 11 is 0. The number of furan rings is 1. The topological polar surface area (TPSA) is 26.0 Å². The second kappa shape index (κ2) is 9.20. The first-order valence-corrected chi connectivity index (χ1v) is 14.8. The van der Waals surface area contributed by atoms with E-state index in [1.165, 1.54) is 51.1 Å². The number of benzene rings is 4. The summed E-state index contributed by atoms with van der Waals surface area (Å²) in [7, 11) is 0. The van der Waals surface area contributed by atoms with Gasteiger partial charge in [0.25, 0.3) is 0 Å². The molecule has 8 rings (SSSR count). The maximum atomic E-state index is 9.47. The van der Waals surface area contributed by atoms with E-state index in [1.807, 2.05) is 18.2 Å². The van der Waals surface area contributed by atoms with E-state index in [1.54, 1.807) is 6.07 Å². The van der Waals surface area contributed by atoms with Gasteiger partial charge in [-0.3, -0.25) is 4.98 Å². The van der Waals surface area contributed by atoms with E-state index in [0.717, 1.165) is 61.9 Å². The van der Waals surface area contributed by atoms with Gasteiger partial charge in [-0.25, -0.2) is 0 Å². The Morgan fingerprint density at radius 1 is 0.800 bits per heavy atom. The Kier molecular flexibility index (Phi) is 4.47. The highest BCUT2D eigenvalue weighted by Gasteiger charge is 2.36. The van der Waals surface area contributed by atoms with E-state index in [-0.39, 0.29) is 12.5 Å². The van der Waals surface area contributed by atoms with Gasteiger partial charge in [-0.15, -0.1) is 0 Å². The minimum Gasteiger partial charge on any atom is -0.455 e. The first kappa shape index (κ1) is 19.4. The number of para-hydroxylation sites is 1. The van der Waals surface area contributed by atoms with Crippen LogP contribution in [0.1, 0.15) is 87.2 Å². The van der Waals surface area contributed by atoms with Crippen molar-refractivity contribution in [1.29, 1.82) is 0 Å². The zero-order chi connectivity index (χ0) is 31.0. The van der Waals surface area contributed by atoms with E-state index in [2.05, 4.69) is 47.4 Å². The molecule has 2 fully saturated rings. The molecule has 0 radical (unpaired) electrons. The third-order valence-electron chi connectivity index (χ3n) is 9.96. The van der Waals surface area contributed by atoms with Gasteiger partial charge in [0.05, 0.1) is 5.69 Å². The minimum absolute atomic E-state index is 0.118. The predicted molar refractivity (Wildman–Crippen MR) is 168 cm³/mol. The summed E-state index contributed by atoms with van der Waals surface area (Å²) in [6.07, 6.45) is 12.4. The maximum absolute atomic E-state index is 9.47. The zero-order valence-corrected chi connectivity index (χ0v) is 22.9. The van der Waals surface area contributed by atoms with Crippen molar-refractivity contribution in [2.75, 3.05) is 0 Å². The van der Waals surface area contributed by atoms with Crippen LogP contribution in [-0.2, 0) is 0 Å². The summed E-state index contributed by atoms with van der Waals surface area (Å²) in [5.74, 6) is -0.513. The molecule has 0 N–H and O–H groups in total. The van der Waals surface area contributed by atoms with Crippen molar-refractivity contribution in [1.82, 2.24) is 4.98 Å². The highest BCUT2D eigenvalue weighted by atomic mass is 16.3. The van der Waals surface area contributed by atoms with Crippen molar-refractivity contribution in [3.63, 3.8) is 0 Å². The van der Waals surface area contributed by atoms with Gasteiger partial charge in [0.2, 0.25) is 0 Å². The monoisotopic (exact) mass is 528 g/mol. The molecule has 4 aromatic carbocycles. The molecule has 0 saturated heterocycles. The summed E-state index contributed by atoms with van der Waals surface area (Å²) in [6.45, 7) is -2.45. The van der Waals surface area contributed by atoms with Crippen LogP contribution >= 0.6 is 0 Å². The molecule has 0 atom stereocenters. The molecule has 2 nitrogen and oxygen atoms in total. The van der Waals surface area contributed by atoms with Gasteiger partial charge in [0.1, 0.15) is 11.2 Å². The standard InChI is InChI=1S/C38H37NO/c1-24-19-35(39-23-25(24)2)32-8-6-7-31-34-21-29-10-9-28-20-27(11-12-30(28)33(29)22-36(34)40-37(31)32)26-13-17-38(18-14-26)15-4-3-5-16-38/h6-12,19-23,26H,3-5,13-18H2,1-2H3/i1D,2D3,26D. The number of fused-ring (bicyclic) bond motifs is 6. The predicted octanol–water partition coefficient (Wildman–Crippen LogP) is 11.2. The van der Waals surface area contributed by atoms with Gasteiger partial charge in [0.15, 0.2) is 0 Å². The molecule has 0 aliphatic heterocycles. The third kappa shape index (κ3) is 3.87. The Morgan fingerprint density at radius 3 is 2.48 bits per heavy atom. The lowest BCUT2D eigenvalue weighted by Crippen LogP contribution is -2.29. The Balaban J connectivity index is 1.19. The van der Waals surface area contributed by atoms with Gasteiger partial charge in [-0.1, -0.05) is 61.7 Å². The van der Waals surface area contributed by atoms with Gasteiger partial charge >= 0.3 is 0 Å². The fraction of sp³-hybridized carbons (Fsp3) is 0.342. The molecule has 2 heterocycles. The second-order valence-electron chi connectivity index (χ2n) is 12.2. The molecule has 6 aromatic rings. The number of aryl methyl sites for hydroxylation is 2. The maximum Gasteiger partial charge on any atom is 0.144 e. The zero-order valence-electron chi connectivity index (χ0n) is 27.9. The van der Waals surface area contributed by atoms with Crippen LogP contribution in [0.2, 0.25) is 0 Å². The van der Waals surface area contributed by atoms with E-state index in [4.69, 9.17) is 9.90 Å². The molecule has 2 aromatic heterocycles. The Morgan fingerprint density at radius 2 is 1.65 bits per heavy atom. The van der Waals surface area contributed by atoms with Crippen molar-refractivity contribution < 1.29 is 11.3 Å². The molecule has 40 heavy (non-hydrogen) atoms. The van der Waals surface area contributed by atoms with Crippen molar-refractivity contribution in [2.45, 2.75) is 77.4 Å². The fourth-order valence-corrected chi connectivity index (χ4v) is 7.60. The molecule has 0 amide bonds. The summed E-state index contributed by atoms with van der Waals surface area (Å²) < 4.78 is 47.4. The van der Waals surface area contributed by atoms with Crippen LogP contribution in [0.4, 0.5) is 0 Å². The van der Waals surface area contributed by atoms with Crippen LogP contribution in [0, 0.1) is 19.2 Å². The molecule has 0 bridgehead atoms. The van der Waals surface area contributed by atoms with Crippen LogP contribution in [-0.4, -0.2) is 4.98 Å². The Labute approximate surface area is 243 Å². The van der Waals surface area contributed by atoms with E-state index < -0.39 is 12.7 Å². The van der Waals surface area contributed by atoms with Crippen molar-refractivity contribution in [3.8, 4) is 11.3 Å². The Bertz CT molecular complexity index is 2090. The Hall–Kier alpha value is -3.65. The van der Waals surface area contributed by atoms with Gasteiger partial charge < -0.3 is 4.42 Å². The fourth-order valence-electron chi connectivity index (χ4n) is 7.60. The van der Waals surface area contributed by atoms with Crippen molar-refractivity contribution in [2.24, 2.45) is 5.41 Å². The molecular formula is C38H37NO. The average Bonchev–Trinajstić information content (AvgIpc) is 3.42. The van der Waals surface area contributed by atoms with E-state index >= 15 is 0 Å². The number of pyridine rings is 1. The third-order valence-corrected chi connectivity index (χ3v) is 9.96. The second-order valence-corrected chi connectivity index (χ2v) is 12.2. The van der Waals surface area contributed by atoms with Crippen LogP contribution < -0.4 is 0 Å². The highest BCUT2D eigenvalue weighted by Crippen LogP contribution is 2.51. The number of hydrogen-bond acceptors (Lipinski definition) is 2. The normalized spacial score (nSPS) is 20.9. The SMILES string of the molecule is [2H]Cc1cc(-c2cccc3c2oc2cc4c(ccc5cc(C6([2H])CCC7(CCCCC7)CC6)ccc54)cc23)ncc1C([2H])([2H])[2H]. The summed E-state index contributed by atoms with van der Waals surface area (Å²) in [5, 5.41) is 6.54. The average molecular weight is 529 g/mol. The van der Waals surface area contributed by atoms with Gasteiger partial charge in [-0.05, 0) is 126 Å². The number of rotatable bonds is 2. The lowest BCUT2D eigenvalue weighted by atomic mass is 9.62. The quantitative estimate of drug-likeness (QED) is 0.209. The lowest BCUT2D eigenvalue weighted by Gasteiger charge is -2.43. The number of nitrogens with zero attached hydrogens (tertiary/aromatic N) is 1. The first-order chi connectivity index (χ1) is 21.7. The minimum atomic E-state index is -2.31. The number of hydrogen-bond donors (Lipinski definition) is 0. The van der Waals surface area contributed by atoms with Gasteiger partial charge in [-0.2, -0.15) is 0 Å². The smallest absolute Gasteiger partial charge is 0.144 e.